The van der Waals surface area contributed by atoms with Gasteiger partial charge in [-0.05, 0) is 63.7 Å². The van der Waals surface area contributed by atoms with E-state index in [1.54, 1.807) is 7.05 Å². The topological polar surface area (TPSA) is 102 Å². The number of sulfonamides is 1. The van der Waals surface area contributed by atoms with Crippen LogP contribution in [0.5, 0.6) is 0 Å². The lowest BCUT2D eigenvalue weighted by atomic mass is 9.97. The SMILES string of the molecule is Cc1c(NCCC2CN(C)c3ccccc32)ncnc1C(=O)N1CCC(N2CCC(N(C)S(C)(=O)=O)CC2)CC1. The summed E-state index contributed by atoms with van der Waals surface area (Å²) in [5.41, 5.74) is 3.99. The van der Waals surface area contributed by atoms with Crippen molar-refractivity contribution < 1.29 is 13.2 Å². The van der Waals surface area contributed by atoms with Crippen LogP contribution in [0.1, 0.15) is 59.6 Å². The molecule has 218 valence electrons. The van der Waals surface area contributed by atoms with Crippen LogP contribution < -0.4 is 10.2 Å². The highest BCUT2D eigenvalue weighted by Gasteiger charge is 2.33. The number of rotatable bonds is 8. The first-order chi connectivity index (χ1) is 19.1. The van der Waals surface area contributed by atoms with Gasteiger partial charge in [0.1, 0.15) is 17.8 Å². The molecule has 0 saturated carbocycles. The lowest BCUT2D eigenvalue weighted by Crippen LogP contribution is -2.52. The number of benzene rings is 1. The summed E-state index contributed by atoms with van der Waals surface area (Å²) in [4.78, 5) is 29.0. The van der Waals surface area contributed by atoms with E-state index in [1.807, 2.05) is 11.8 Å². The Morgan fingerprint density at radius 1 is 1.07 bits per heavy atom. The van der Waals surface area contributed by atoms with Gasteiger partial charge in [0.15, 0.2) is 0 Å². The zero-order valence-corrected chi connectivity index (χ0v) is 25.0. The summed E-state index contributed by atoms with van der Waals surface area (Å²) >= 11 is 0. The molecule has 2 saturated heterocycles. The summed E-state index contributed by atoms with van der Waals surface area (Å²) in [7, 11) is 0.664. The monoisotopic (exact) mass is 569 g/mol. The Morgan fingerprint density at radius 3 is 2.48 bits per heavy atom. The molecule has 1 aromatic carbocycles. The van der Waals surface area contributed by atoms with E-state index in [-0.39, 0.29) is 11.9 Å². The first-order valence-corrected chi connectivity index (χ1v) is 16.3. The Labute approximate surface area is 238 Å². The Bertz CT molecular complexity index is 1300. The fourth-order valence-corrected chi connectivity index (χ4v) is 7.38. The number of hydrogen-bond donors (Lipinski definition) is 1. The summed E-state index contributed by atoms with van der Waals surface area (Å²) in [5, 5.41) is 3.47. The van der Waals surface area contributed by atoms with Crippen molar-refractivity contribution in [1.29, 1.82) is 0 Å². The van der Waals surface area contributed by atoms with Crippen LogP contribution >= 0.6 is 0 Å². The Hall–Kier alpha value is -2.76. The second-order valence-electron chi connectivity index (χ2n) is 11.6. The fraction of sp³-hybridized carbons (Fsp3) is 0.621. The molecule has 0 aliphatic carbocycles. The molecular formula is C29H43N7O3S. The van der Waals surface area contributed by atoms with E-state index in [0.29, 0.717) is 30.7 Å². The Kier molecular flexibility index (Phi) is 8.63. The van der Waals surface area contributed by atoms with E-state index < -0.39 is 10.0 Å². The molecule has 3 aliphatic rings. The number of carbonyl (C=O) groups is 1. The predicted octanol–water partition coefficient (Wildman–Crippen LogP) is 2.78. The van der Waals surface area contributed by atoms with Crippen LogP contribution in [0.15, 0.2) is 30.6 Å². The number of piperidine rings is 2. The van der Waals surface area contributed by atoms with Gasteiger partial charge in [0.25, 0.3) is 5.91 Å². The largest absolute Gasteiger partial charge is 0.374 e. The molecule has 0 bridgehead atoms. The fourth-order valence-electron chi connectivity index (χ4n) is 6.63. The molecule has 1 atom stereocenters. The first-order valence-electron chi connectivity index (χ1n) is 14.5. The first kappa shape index (κ1) is 28.8. The standard InChI is InChI=1S/C29H43N7O3S/c1-21-27(31-20-32-28(21)30-14-9-22-19-33(2)26-8-6-5-7-25(22)26)29(37)36-17-12-24(13-18-36)35-15-10-23(11-16-35)34(3)40(4,38)39/h5-8,20,22-24H,9-19H2,1-4H3,(H,30,31,32). The van der Waals surface area contributed by atoms with E-state index in [1.165, 1.54) is 28.1 Å². The Balaban J connectivity index is 1.12. The van der Waals surface area contributed by atoms with Crippen LogP contribution in [0.25, 0.3) is 0 Å². The average molecular weight is 570 g/mol. The molecule has 0 spiro atoms. The van der Waals surface area contributed by atoms with Crippen molar-refractivity contribution in [2.45, 2.75) is 57.0 Å². The number of anilines is 2. The van der Waals surface area contributed by atoms with Crippen LogP contribution in [0.4, 0.5) is 11.5 Å². The second kappa shape index (κ2) is 12.0. The molecule has 1 N–H and O–H groups in total. The van der Waals surface area contributed by atoms with Gasteiger partial charge in [-0.25, -0.2) is 22.7 Å². The van der Waals surface area contributed by atoms with Crippen LogP contribution in [-0.2, 0) is 10.0 Å². The average Bonchev–Trinajstić information content (AvgIpc) is 3.28. The summed E-state index contributed by atoms with van der Waals surface area (Å²) in [6, 6.07) is 9.10. The Morgan fingerprint density at radius 2 is 1.77 bits per heavy atom. The molecule has 1 amide bonds. The summed E-state index contributed by atoms with van der Waals surface area (Å²) in [6.45, 7) is 6.91. The highest BCUT2D eigenvalue weighted by Crippen LogP contribution is 2.36. The van der Waals surface area contributed by atoms with Crippen molar-refractivity contribution >= 4 is 27.4 Å². The minimum Gasteiger partial charge on any atom is -0.374 e. The van der Waals surface area contributed by atoms with Gasteiger partial charge >= 0.3 is 0 Å². The minimum atomic E-state index is -3.16. The van der Waals surface area contributed by atoms with E-state index in [9.17, 15) is 13.2 Å². The van der Waals surface area contributed by atoms with E-state index in [4.69, 9.17) is 0 Å². The molecular weight excluding hydrogens is 526 g/mol. The summed E-state index contributed by atoms with van der Waals surface area (Å²) < 4.78 is 25.3. The molecule has 2 aromatic rings. The second-order valence-corrected chi connectivity index (χ2v) is 13.7. The van der Waals surface area contributed by atoms with Crippen LogP contribution in [0.2, 0.25) is 0 Å². The molecule has 4 heterocycles. The molecule has 10 nitrogen and oxygen atoms in total. The molecule has 3 aliphatic heterocycles. The summed E-state index contributed by atoms with van der Waals surface area (Å²) in [5.74, 6) is 1.18. The third-order valence-corrected chi connectivity index (χ3v) is 10.5. The number of nitrogens with one attached hydrogen (secondary N) is 1. The summed E-state index contributed by atoms with van der Waals surface area (Å²) in [6.07, 6.45) is 7.30. The van der Waals surface area contributed by atoms with Crippen molar-refractivity contribution in [3.8, 4) is 0 Å². The molecule has 5 rings (SSSR count). The zero-order valence-electron chi connectivity index (χ0n) is 24.2. The van der Waals surface area contributed by atoms with Crippen molar-refractivity contribution in [3.63, 3.8) is 0 Å². The van der Waals surface area contributed by atoms with Crippen molar-refractivity contribution in [2.24, 2.45) is 0 Å². The zero-order chi connectivity index (χ0) is 28.4. The van der Waals surface area contributed by atoms with Gasteiger partial charge in [0, 0.05) is 69.5 Å². The molecule has 2 fully saturated rings. The third kappa shape index (κ3) is 6.11. The van der Waals surface area contributed by atoms with E-state index in [2.05, 4.69) is 56.4 Å². The quantitative estimate of drug-likeness (QED) is 0.518. The van der Waals surface area contributed by atoms with Gasteiger partial charge < -0.3 is 20.0 Å². The molecule has 1 unspecified atom stereocenters. The maximum absolute atomic E-state index is 13.5. The number of likely N-dealkylation sites (N-methyl/N-ethyl adjacent to an activating group) is 1. The predicted molar refractivity (Wildman–Crippen MR) is 158 cm³/mol. The van der Waals surface area contributed by atoms with Gasteiger partial charge in [-0.1, -0.05) is 18.2 Å². The highest BCUT2D eigenvalue weighted by molar-refractivity contribution is 7.88. The van der Waals surface area contributed by atoms with Crippen molar-refractivity contribution in [2.75, 3.05) is 69.8 Å². The van der Waals surface area contributed by atoms with Gasteiger partial charge in [0.2, 0.25) is 10.0 Å². The maximum atomic E-state index is 13.5. The van der Waals surface area contributed by atoms with Gasteiger partial charge in [0.05, 0.1) is 6.26 Å². The van der Waals surface area contributed by atoms with Crippen LogP contribution in [0.3, 0.4) is 0 Å². The van der Waals surface area contributed by atoms with Crippen molar-refractivity contribution in [3.05, 3.63) is 47.4 Å². The number of amides is 1. The van der Waals surface area contributed by atoms with Crippen molar-refractivity contribution in [1.82, 2.24) is 24.1 Å². The molecule has 11 heteroatoms. The lowest BCUT2D eigenvalue weighted by Gasteiger charge is -2.43. The number of para-hydroxylation sites is 1. The van der Waals surface area contributed by atoms with E-state index >= 15 is 0 Å². The maximum Gasteiger partial charge on any atom is 0.272 e. The number of nitrogens with zero attached hydrogens (tertiary/aromatic N) is 6. The lowest BCUT2D eigenvalue weighted by molar-refractivity contribution is 0.0542. The smallest absolute Gasteiger partial charge is 0.272 e. The third-order valence-electron chi connectivity index (χ3n) is 9.16. The van der Waals surface area contributed by atoms with E-state index in [0.717, 1.165) is 69.7 Å². The minimum absolute atomic E-state index is 0.0266. The number of likely N-dealkylation sites (tertiary alicyclic amines) is 2. The number of fused-ring (bicyclic) bond motifs is 1. The molecule has 1 aromatic heterocycles. The highest BCUT2D eigenvalue weighted by atomic mass is 32.2. The number of carbonyl (C=O) groups excluding carboxylic acids is 1. The van der Waals surface area contributed by atoms with Crippen LogP contribution in [-0.4, -0.2) is 110 Å². The van der Waals surface area contributed by atoms with Gasteiger partial charge in [-0.15, -0.1) is 0 Å². The van der Waals surface area contributed by atoms with Gasteiger partial charge in [-0.2, -0.15) is 0 Å². The normalized spacial score (nSPS) is 21.2. The number of hydrogen-bond acceptors (Lipinski definition) is 8. The van der Waals surface area contributed by atoms with Gasteiger partial charge in [-0.3, -0.25) is 4.79 Å². The van der Waals surface area contributed by atoms with Crippen LogP contribution in [0, 0.1) is 6.92 Å². The molecule has 0 radical (unpaired) electrons. The molecule has 40 heavy (non-hydrogen) atoms. The number of aromatic nitrogens is 2.